The van der Waals surface area contributed by atoms with E-state index in [-0.39, 0.29) is 18.6 Å². The van der Waals surface area contributed by atoms with Crippen molar-refractivity contribution in [1.82, 2.24) is 5.32 Å². The van der Waals surface area contributed by atoms with Crippen LogP contribution in [0.3, 0.4) is 0 Å². The zero-order valence-corrected chi connectivity index (χ0v) is 10.00. The van der Waals surface area contributed by atoms with Gasteiger partial charge in [-0.25, -0.2) is 0 Å². The molecule has 3 nitrogen and oxygen atoms in total. The van der Waals surface area contributed by atoms with Crippen LogP contribution in [0.2, 0.25) is 0 Å². The van der Waals surface area contributed by atoms with Crippen molar-refractivity contribution < 1.29 is 10.2 Å². The van der Waals surface area contributed by atoms with Gasteiger partial charge in [-0.1, -0.05) is 13.8 Å². The smallest absolute Gasteiger partial charge is 0.0518 e. The summed E-state index contributed by atoms with van der Waals surface area (Å²) in [5, 5.41) is 21.8. The maximum absolute atomic E-state index is 9.16. The van der Waals surface area contributed by atoms with Gasteiger partial charge in [0.25, 0.3) is 0 Å². The molecule has 0 atom stereocenters. The molecule has 0 aliphatic heterocycles. The third kappa shape index (κ3) is 4.09. The average Bonchev–Trinajstić information content (AvgIpc) is 2.28. The minimum absolute atomic E-state index is 0.0413. The van der Waals surface area contributed by atoms with E-state index in [0.29, 0.717) is 12.6 Å². The van der Waals surface area contributed by atoms with Gasteiger partial charge in [0.1, 0.15) is 0 Å². The van der Waals surface area contributed by atoms with E-state index in [1.54, 1.807) is 0 Å². The lowest BCUT2D eigenvalue weighted by molar-refractivity contribution is 0.0653. The van der Waals surface area contributed by atoms with Crippen molar-refractivity contribution in [2.75, 3.05) is 19.8 Å². The van der Waals surface area contributed by atoms with Gasteiger partial charge in [0, 0.05) is 18.0 Å². The van der Waals surface area contributed by atoms with E-state index in [0.717, 1.165) is 5.92 Å². The van der Waals surface area contributed by atoms with Crippen LogP contribution in [-0.2, 0) is 0 Å². The molecule has 90 valence electrons. The second kappa shape index (κ2) is 5.83. The van der Waals surface area contributed by atoms with Gasteiger partial charge in [0.2, 0.25) is 0 Å². The van der Waals surface area contributed by atoms with Crippen molar-refractivity contribution >= 4 is 0 Å². The number of hydrogen-bond donors (Lipinski definition) is 3. The van der Waals surface area contributed by atoms with Crippen LogP contribution in [0.1, 0.15) is 39.5 Å². The van der Waals surface area contributed by atoms with Gasteiger partial charge in [-0.2, -0.15) is 0 Å². The quantitative estimate of drug-likeness (QED) is 0.645. The number of aliphatic hydroxyl groups excluding tert-OH is 2. The van der Waals surface area contributed by atoms with Crippen LogP contribution in [-0.4, -0.2) is 36.0 Å². The Labute approximate surface area is 92.9 Å². The summed E-state index contributed by atoms with van der Waals surface area (Å²) >= 11 is 0. The Kier molecular flexibility index (Phi) is 5.03. The Morgan fingerprint density at radius 1 is 1.13 bits per heavy atom. The van der Waals surface area contributed by atoms with Gasteiger partial charge in [0.05, 0.1) is 13.2 Å². The molecule has 0 unspecified atom stereocenters. The van der Waals surface area contributed by atoms with E-state index >= 15 is 0 Å². The molecule has 3 N–H and O–H groups in total. The Balaban J connectivity index is 2.24. The van der Waals surface area contributed by atoms with Crippen LogP contribution in [0.15, 0.2) is 0 Å². The maximum atomic E-state index is 9.16. The molecular formula is C12H25NO2. The number of rotatable bonds is 5. The lowest BCUT2D eigenvalue weighted by atomic mass is 9.86. The summed E-state index contributed by atoms with van der Waals surface area (Å²) in [5.41, 5.74) is -0.372. The van der Waals surface area contributed by atoms with Crippen molar-refractivity contribution in [2.45, 2.75) is 45.6 Å². The number of nitrogens with one attached hydrogen (secondary N) is 1. The lowest BCUT2D eigenvalue weighted by Crippen LogP contribution is -2.43. The minimum atomic E-state index is -0.372. The lowest BCUT2D eigenvalue weighted by Gasteiger charge is -2.31. The third-order valence-electron chi connectivity index (χ3n) is 3.60. The molecule has 0 heterocycles. The Hall–Kier alpha value is -0.120. The Morgan fingerprint density at radius 2 is 1.67 bits per heavy atom. The van der Waals surface area contributed by atoms with Gasteiger partial charge in [-0.3, -0.25) is 0 Å². The zero-order chi connectivity index (χ0) is 11.3. The van der Waals surface area contributed by atoms with Gasteiger partial charge in [-0.15, -0.1) is 0 Å². The standard InChI is InChI=1S/C12H25NO2/c1-10-3-5-11(6-4-10)13-7-12(2,8-14)9-15/h10-11,13-15H,3-9H2,1-2H3. The van der Waals surface area contributed by atoms with Crippen LogP contribution < -0.4 is 5.32 Å². The summed E-state index contributed by atoms with van der Waals surface area (Å²) < 4.78 is 0. The Bertz CT molecular complexity index is 172. The zero-order valence-electron chi connectivity index (χ0n) is 10.00. The van der Waals surface area contributed by atoms with Crippen LogP contribution in [0.5, 0.6) is 0 Å². The largest absolute Gasteiger partial charge is 0.396 e. The SMILES string of the molecule is CC1CCC(NCC(C)(CO)CO)CC1. The fourth-order valence-electron chi connectivity index (χ4n) is 2.02. The molecule has 1 fully saturated rings. The molecule has 1 saturated carbocycles. The summed E-state index contributed by atoms with van der Waals surface area (Å²) in [6.45, 7) is 5.01. The highest BCUT2D eigenvalue weighted by atomic mass is 16.3. The third-order valence-corrected chi connectivity index (χ3v) is 3.60. The van der Waals surface area contributed by atoms with Crippen molar-refractivity contribution in [1.29, 1.82) is 0 Å². The fourth-order valence-corrected chi connectivity index (χ4v) is 2.02. The highest BCUT2D eigenvalue weighted by Gasteiger charge is 2.25. The molecule has 1 rings (SSSR count). The summed E-state index contributed by atoms with van der Waals surface area (Å²) in [6.07, 6.45) is 5.06. The molecule has 15 heavy (non-hydrogen) atoms. The summed E-state index contributed by atoms with van der Waals surface area (Å²) in [4.78, 5) is 0. The molecular weight excluding hydrogens is 190 g/mol. The predicted molar refractivity (Wildman–Crippen MR) is 61.7 cm³/mol. The first-order chi connectivity index (χ1) is 7.09. The summed E-state index contributed by atoms with van der Waals surface area (Å²) in [7, 11) is 0. The van der Waals surface area contributed by atoms with E-state index in [1.807, 2.05) is 6.92 Å². The fraction of sp³-hybridized carbons (Fsp3) is 1.00. The number of aliphatic hydroxyl groups is 2. The molecule has 0 aromatic rings. The van der Waals surface area contributed by atoms with E-state index in [1.165, 1.54) is 25.7 Å². The molecule has 0 bridgehead atoms. The van der Waals surface area contributed by atoms with Crippen LogP contribution >= 0.6 is 0 Å². The van der Waals surface area contributed by atoms with Gasteiger partial charge in [0.15, 0.2) is 0 Å². The summed E-state index contributed by atoms with van der Waals surface area (Å²) in [6, 6.07) is 0.582. The summed E-state index contributed by atoms with van der Waals surface area (Å²) in [5.74, 6) is 0.866. The first-order valence-corrected chi connectivity index (χ1v) is 6.05. The monoisotopic (exact) mass is 215 g/mol. The van der Waals surface area contributed by atoms with Gasteiger partial charge < -0.3 is 15.5 Å². The molecule has 0 radical (unpaired) electrons. The van der Waals surface area contributed by atoms with Crippen molar-refractivity contribution in [2.24, 2.45) is 11.3 Å². The topological polar surface area (TPSA) is 52.5 Å². The maximum Gasteiger partial charge on any atom is 0.0518 e. The first-order valence-electron chi connectivity index (χ1n) is 6.05. The van der Waals surface area contributed by atoms with E-state index in [9.17, 15) is 0 Å². The molecule has 0 spiro atoms. The van der Waals surface area contributed by atoms with E-state index in [2.05, 4.69) is 12.2 Å². The highest BCUT2D eigenvalue weighted by Crippen LogP contribution is 2.24. The predicted octanol–water partition coefficient (Wildman–Crippen LogP) is 1.15. The molecule has 0 aromatic carbocycles. The average molecular weight is 215 g/mol. The van der Waals surface area contributed by atoms with Crippen LogP contribution in [0.25, 0.3) is 0 Å². The molecule has 1 aliphatic carbocycles. The second-order valence-electron chi connectivity index (χ2n) is 5.46. The van der Waals surface area contributed by atoms with Crippen molar-refractivity contribution in [3.63, 3.8) is 0 Å². The van der Waals surface area contributed by atoms with Crippen LogP contribution in [0.4, 0.5) is 0 Å². The second-order valence-corrected chi connectivity index (χ2v) is 5.46. The van der Waals surface area contributed by atoms with Crippen molar-refractivity contribution in [3.05, 3.63) is 0 Å². The molecule has 0 aromatic heterocycles. The highest BCUT2D eigenvalue weighted by molar-refractivity contribution is 4.80. The molecule has 0 saturated heterocycles. The van der Waals surface area contributed by atoms with Gasteiger partial charge in [-0.05, 0) is 31.6 Å². The van der Waals surface area contributed by atoms with E-state index in [4.69, 9.17) is 10.2 Å². The normalized spacial score (nSPS) is 28.0. The first kappa shape index (κ1) is 12.9. The minimum Gasteiger partial charge on any atom is -0.396 e. The molecule has 0 amide bonds. The number of hydrogen-bond acceptors (Lipinski definition) is 3. The van der Waals surface area contributed by atoms with Gasteiger partial charge >= 0.3 is 0 Å². The Morgan fingerprint density at radius 3 is 2.13 bits per heavy atom. The van der Waals surface area contributed by atoms with Crippen LogP contribution in [0, 0.1) is 11.3 Å². The van der Waals surface area contributed by atoms with E-state index < -0.39 is 0 Å². The molecule has 3 heteroatoms. The molecule has 1 aliphatic rings. The van der Waals surface area contributed by atoms with Crippen molar-refractivity contribution in [3.8, 4) is 0 Å².